The maximum absolute atomic E-state index is 13.7. The van der Waals surface area contributed by atoms with Gasteiger partial charge in [0, 0.05) is 39.2 Å². The van der Waals surface area contributed by atoms with E-state index in [0.717, 1.165) is 57.5 Å². The third-order valence-electron chi connectivity index (χ3n) is 9.55. The second kappa shape index (κ2) is 11.4. The van der Waals surface area contributed by atoms with Crippen molar-refractivity contribution in [1.29, 1.82) is 0 Å². The summed E-state index contributed by atoms with van der Waals surface area (Å²) in [7, 11) is 3.99. The van der Waals surface area contributed by atoms with E-state index >= 15 is 0 Å². The highest BCUT2D eigenvalue weighted by Gasteiger charge is 2.48. The summed E-state index contributed by atoms with van der Waals surface area (Å²) in [6, 6.07) is 0.886. The van der Waals surface area contributed by atoms with Crippen molar-refractivity contribution in [2.45, 2.75) is 122 Å². The fourth-order valence-electron chi connectivity index (χ4n) is 7.38. The van der Waals surface area contributed by atoms with Gasteiger partial charge in [0.25, 0.3) is 0 Å². The Labute approximate surface area is 212 Å². The van der Waals surface area contributed by atoms with Gasteiger partial charge >= 0.3 is 6.09 Å². The summed E-state index contributed by atoms with van der Waals surface area (Å²) in [6.45, 7) is 9.97. The summed E-state index contributed by atoms with van der Waals surface area (Å²) < 4.78 is 11.9. The van der Waals surface area contributed by atoms with Crippen molar-refractivity contribution in [2.24, 2.45) is 17.8 Å². The van der Waals surface area contributed by atoms with Gasteiger partial charge in [-0.25, -0.2) is 4.79 Å². The summed E-state index contributed by atoms with van der Waals surface area (Å²) in [5, 5.41) is 0. The maximum atomic E-state index is 13.7. The number of nitrogens with zero attached hydrogens (tertiary/aromatic N) is 3. The Morgan fingerprint density at radius 2 is 1.74 bits per heavy atom. The molecule has 7 heteroatoms. The summed E-state index contributed by atoms with van der Waals surface area (Å²) >= 11 is 0. The first-order valence-electron chi connectivity index (χ1n) is 14.2. The molecule has 7 nitrogen and oxygen atoms in total. The average molecular weight is 492 g/mol. The Balaban J connectivity index is 1.50. The van der Waals surface area contributed by atoms with E-state index in [0.29, 0.717) is 24.3 Å². The first-order chi connectivity index (χ1) is 16.7. The molecule has 0 aromatic rings. The molecule has 4 aliphatic rings. The minimum atomic E-state index is -0.208. The first kappa shape index (κ1) is 26.7. The number of ether oxygens (including phenoxy) is 2. The number of fused-ring (bicyclic) bond motifs is 1. The molecule has 35 heavy (non-hydrogen) atoms. The summed E-state index contributed by atoms with van der Waals surface area (Å²) in [5.74, 6) is 1.86. The lowest BCUT2D eigenvalue weighted by Crippen LogP contribution is -2.67. The van der Waals surface area contributed by atoms with Crippen molar-refractivity contribution in [3.05, 3.63) is 0 Å². The molecule has 1 heterocycles. The fourth-order valence-corrected chi connectivity index (χ4v) is 7.38. The van der Waals surface area contributed by atoms with Crippen LogP contribution in [0.2, 0.25) is 0 Å². The van der Waals surface area contributed by atoms with Crippen LogP contribution in [0, 0.1) is 17.8 Å². The fraction of sp³-hybridized carbons (Fsp3) is 0.929. The molecule has 8 atom stereocenters. The zero-order chi connectivity index (χ0) is 25.3. The molecular weight excluding hydrogens is 442 g/mol. The molecule has 0 aromatic heterocycles. The lowest BCUT2D eigenvalue weighted by molar-refractivity contribution is -0.143. The molecule has 3 saturated carbocycles. The summed E-state index contributed by atoms with van der Waals surface area (Å²) in [6.07, 6.45) is 9.35. The molecule has 4 fully saturated rings. The average Bonchev–Trinajstić information content (AvgIpc) is 3.67. The van der Waals surface area contributed by atoms with Crippen LogP contribution in [0.15, 0.2) is 0 Å². The van der Waals surface area contributed by atoms with Crippen molar-refractivity contribution >= 4 is 12.0 Å². The minimum absolute atomic E-state index is 0.00400. The number of carbonyl (C=O) groups excluding carboxylic acids is 2. The molecule has 4 rings (SSSR count). The van der Waals surface area contributed by atoms with Gasteiger partial charge in [-0.05, 0) is 83.1 Å². The normalized spacial score (nSPS) is 36.6. The third kappa shape index (κ3) is 5.98. The molecule has 2 amide bonds. The van der Waals surface area contributed by atoms with Gasteiger partial charge in [-0.3, -0.25) is 4.79 Å². The van der Waals surface area contributed by atoms with Crippen LogP contribution in [0.4, 0.5) is 4.79 Å². The van der Waals surface area contributed by atoms with Crippen LogP contribution in [0.3, 0.4) is 0 Å². The number of rotatable bonds is 7. The Hall–Kier alpha value is -1.34. The molecular formula is C28H49N3O4. The first-order valence-corrected chi connectivity index (χ1v) is 14.2. The molecule has 1 saturated heterocycles. The quantitative estimate of drug-likeness (QED) is 0.523. The number of hydrogen-bond acceptors (Lipinski definition) is 5. The largest absolute Gasteiger partial charge is 0.443 e. The van der Waals surface area contributed by atoms with Gasteiger partial charge in [0.05, 0.1) is 18.2 Å². The number of piperazine rings is 1. The highest BCUT2D eigenvalue weighted by atomic mass is 16.6. The highest BCUT2D eigenvalue weighted by Crippen LogP contribution is 2.41. The Bertz CT molecular complexity index is 744. The van der Waals surface area contributed by atoms with Crippen molar-refractivity contribution in [3.8, 4) is 0 Å². The van der Waals surface area contributed by atoms with Gasteiger partial charge in [-0.15, -0.1) is 0 Å². The monoisotopic (exact) mass is 491 g/mol. The lowest BCUT2D eigenvalue weighted by atomic mass is 9.72. The van der Waals surface area contributed by atoms with Crippen LogP contribution in [-0.2, 0) is 14.3 Å². The molecule has 0 radical (unpaired) electrons. The van der Waals surface area contributed by atoms with E-state index in [-0.39, 0.29) is 42.3 Å². The minimum Gasteiger partial charge on any atom is -0.443 e. The van der Waals surface area contributed by atoms with Crippen LogP contribution in [-0.4, -0.2) is 90.3 Å². The standard InChI is InChI=1S/C28H49N3O4/c1-7-21(17-29(5)23-10-11-23)22-9-12-24-25(15-22)30(16-19(3)31(24)20(4)32)28(33)35-27-14-18(2)8-13-26(27)34-6/h18-19,21-27H,7-17H2,1-6H3/t18?,19-,21?,22?,24?,25?,26?,27?/m0/s1. The zero-order valence-electron chi connectivity index (χ0n) is 22.9. The number of hydrogen-bond donors (Lipinski definition) is 0. The van der Waals surface area contributed by atoms with E-state index in [2.05, 4.69) is 37.6 Å². The molecule has 7 unspecified atom stereocenters. The van der Waals surface area contributed by atoms with Crippen molar-refractivity contribution < 1.29 is 19.1 Å². The maximum Gasteiger partial charge on any atom is 0.410 e. The molecule has 0 N–H and O–H groups in total. The molecule has 0 bridgehead atoms. The second-order valence-corrected chi connectivity index (χ2v) is 12.1. The predicted molar refractivity (Wildman–Crippen MR) is 137 cm³/mol. The third-order valence-corrected chi connectivity index (χ3v) is 9.55. The van der Waals surface area contributed by atoms with E-state index < -0.39 is 0 Å². The van der Waals surface area contributed by atoms with Gasteiger partial charge in [0.2, 0.25) is 5.91 Å². The van der Waals surface area contributed by atoms with Crippen molar-refractivity contribution in [2.75, 3.05) is 27.2 Å². The molecule has 1 aliphatic heterocycles. The van der Waals surface area contributed by atoms with E-state index in [4.69, 9.17) is 9.47 Å². The summed E-state index contributed by atoms with van der Waals surface area (Å²) in [5.41, 5.74) is 0. The van der Waals surface area contributed by atoms with Crippen LogP contribution >= 0.6 is 0 Å². The number of amides is 2. The van der Waals surface area contributed by atoms with Crippen LogP contribution in [0.1, 0.15) is 85.5 Å². The predicted octanol–water partition coefficient (Wildman–Crippen LogP) is 4.54. The van der Waals surface area contributed by atoms with E-state index in [1.54, 1.807) is 14.0 Å². The van der Waals surface area contributed by atoms with Gasteiger partial charge in [-0.1, -0.05) is 20.3 Å². The Kier molecular flexibility index (Phi) is 8.68. The van der Waals surface area contributed by atoms with E-state index in [1.807, 2.05) is 4.90 Å². The Morgan fingerprint density at radius 1 is 1.00 bits per heavy atom. The van der Waals surface area contributed by atoms with Crippen LogP contribution in [0.25, 0.3) is 0 Å². The van der Waals surface area contributed by atoms with Gasteiger partial charge < -0.3 is 24.2 Å². The van der Waals surface area contributed by atoms with Crippen LogP contribution < -0.4 is 0 Å². The zero-order valence-corrected chi connectivity index (χ0v) is 22.9. The topological polar surface area (TPSA) is 62.3 Å². The second-order valence-electron chi connectivity index (χ2n) is 12.1. The highest BCUT2D eigenvalue weighted by molar-refractivity contribution is 5.75. The molecule has 3 aliphatic carbocycles. The van der Waals surface area contributed by atoms with Crippen LogP contribution in [0.5, 0.6) is 0 Å². The van der Waals surface area contributed by atoms with Gasteiger partial charge in [0.1, 0.15) is 6.10 Å². The SMILES string of the molecule is CCC(CN(C)C1CC1)C1CCC2C(C1)N(C(=O)OC1CC(C)CCC1OC)C[C@H](C)N2C(C)=O. The van der Waals surface area contributed by atoms with E-state index in [1.165, 1.54) is 12.8 Å². The molecule has 200 valence electrons. The van der Waals surface area contributed by atoms with Gasteiger partial charge in [-0.2, -0.15) is 0 Å². The summed E-state index contributed by atoms with van der Waals surface area (Å²) in [4.78, 5) is 32.9. The Morgan fingerprint density at radius 3 is 2.37 bits per heavy atom. The molecule has 0 spiro atoms. The lowest BCUT2D eigenvalue weighted by Gasteiger charge is -2.54. The number of carbonyl (C=O) groups is 2. The smallest absolute Gasteiger partial charge is 0.410 e. The van der Waals surface area contributed by atoms with Crippen molar-refractivity contribution in [1.82, 2.24) is 14.7 Å². The van der Waals surface area contributed by atoms with Gasteiger partial charge in [0.15, 0.2) is 0 Å². The molecule has 0 aromatic carbocycles. The van der Waals surface area contributed by atoms with Crippen molar-refractivity contribution in [3.63, 3.8) is 0 Å². The number of methoxy groups -OCH3 is 1. The van der Waals surface area contributed by atoms with E-state index in [9.17, 15) is 9.59 Å².